The number of hydrogen-bond acceptors (Lipinski definition) is 5. The number of halogens is 3. The van der Waals surface area contributed by atoms with E-state index >= 15 is 0 Å². The molecule has 0 bridgehead atoms. The molecule has 2 aromatic rings. The highest BCUT2D eigenvalue weighted by Gasteiger charge is 2.40. The summed E-state index contributed by atoms with van der Waals surface area (Å²) in [7, 11) is 3.38. The summed E-state index contributed by atoms with van der Waals surface area (Å²) >= 11 is 0. The summed E-state index contributed by atoms with van der Waals surface area (Å²) < 4.78 is 46.3. The van der Waals surface area contributed by atoms with Crippen molar-refractivity contribution in [3.63, 3.8) is 0 Å². The van der Waals surface area contributed by atoms with Crippen LogP contribution in [0.3, 0.4) is 0 Å². The normalized spacial score (nSPS) is 25.4. The largest absolute Gasteiger partial charge is 0.355 e. The molecule has 2 aliphatic rings. The first-order valence-corrected chi connectivity index (χ1v) is 11.5. The minimum atomic E-state index is -1.16. The second-order valence-electron chi connectivity index (χ2n) is 9.50. The predicted molar refractivity (Wildman–Crippen MR) is 118 cm³/mol. The lowest BCUT2D eigenvalue weighted by molar-refractivity contribution is -0.136. The molecule has 1 saturated heterocycles. The third-order valence-electron chi connectivity index (χ3n) is 7.00. The maximum Gasteiger partial charge on any atom is 0.273 e. The summed E-state index contributed by atoms with van der Waals surface area (Å²) in [6, 6.07) is 2.17. The van der Waals surface area contributed by atoms with Crippen LogP contribution in [0, 0.1) is 29.3 Å². The fourth-order valence-electron chi connectivity index (χ4n) is 5.22. The maximum atomic E-state index is 14.1. The number of nitrogens with zero attached hydrogens (tertiary/aromatic N) is 3. The molecule has 34 heavy (non-hydrogen) atoms. The zero-order valence-corrected chi connectivity index (χ0v) is 19.5. The maximum absolute atomic E-state index is 14.1. The number of carbonyl (C=O) groups excluding carboxylic acids is 2. The first-order valence-electron chi connectivity index (χ1n) is 11.5. The number of aromatic nitrogens is 1. The summed E-state index contributed by atoms with van der Waals surface area (Å²) in [4.78, 5) is 29.7. The summed E-state index contributed by atoms with van der Waals surface area (Å²) in [6.45, 7) is 3.55. The highest BCUT2D eigenvalue weighted by Crippen LogP contribution is 2.33. The smallest absolute Gasteiger partial charge is 0.273 e. The monoisotopic (exact) mass is 478 g/mol. The fourth-order valence-corrected chi connectivity index (χ4v) is 5.22. The molecule has 1 N–H and O–H groups in total. The van der Waals surface area contributed by atoms with Crippen molar-refractivity contribution in [2.45, 2.75) is 44.7 Å². The molecule has 1 aromatic carbocycles. The Morgan fingerprint density at radius 1 is 1.12 bits per heavy atom. The second kappa shape index (κ2) is 9.77. The summed E-state index contributed by atoms with van der Waals surface area (Å²) in [5.74, 6) is -4.26. The van der Waals surface area contributed by atoms with Crippen LogP contribution in [0.1, 0.15) is 43.1 Å². The van der Waals surface area contributed by atoms with E-state index in [1.165, 1.54) is 17.7 Å². The Balaban J connectivity index is 1.50. The van der Waals surface area contributed by atoms with Crippen molar-refractivity contribution in [2.75, 3.05) is 27.2 Å². The number of piperidine rings is 1. The van der Waals surface area contributed by atoms with Gasteiger partial charge in [0.1, 0.15) is 17.5 Å². The van der Waals surface area contributed by atoms with Crippen LogP contribution < -0.4 is 5.32 Å². The lowest BCUT2D eigenvalue weighted by Gasteiger charge is -2.42. The van der Waals surface area contributed by atoms with E-state index in [2.05, 4.69) is 22.3 Å². The average Bonchev–Trinajstić information content (AvgIpc) is 3.42. The van der Waals surface area contributed by atoms with E-state index in [0.29, 0.717) is 37.1 Å². The molecule has 0 spiro atoms. The second-order valence-corrected chi connectivity index (χ2v) is 9.50. The zero-order valence-electron chi connectivity index (χ0n) is 19.5. The van der Waals surface area contributed by atoms with Crippen molar-refractivity contribution in [3.05, 3.63) is 41.3 Å². The first-order chi connectivity index (χ1) is 16.2. The molecular formula is C24H29F3N4O3. The highest BCUT2D eigenvalue weighted by molar-refractivity contribution is 5.94. The molecule has 1 aliphatic heterocycles. The van der Waals surface area contributed by atoms with E-state index in [0.717, 1.165) is 19.0 Å². The number of carbonyl (C=O) groups is 2. The van der Waals surface area contributed by atoms with E-state index in [1.807, 2.05) is 0 Å². The minimum Gasteiger partial charge on any atom is -0.355 e. The van der Waals surface area contributed by atoms with Gasteiger partial charge in [0, 0.05) is 57.5 Å². The standard InChI is InChI=1S/C24H29F3N4O3/c1-13-5-4-6-20(13)31-8-7-18(15(12-31)24(33)30(2)3)28-23(32)19-11-21(34-29-19)22-16(26)9-14(25)10-17(22)27/h9-11,13,15,18,20H,4-8,12H2,1-3H3,(H,28,32)/t13-,15-,18-,20-/m1/s1. The molecule has 2 heterocycles. The van der Waals surface area contributed by atoms with Crippen LogP contribution in [0.25, 0.3) is 11.3 Å². The molecule has 184 valence electrons. The van der Waals surface area contributed by atoms with Crippen molar-refractivity contribution < 1.29 is 27.3 Å². The van der Waals surface area contributed by atoms with Crippen LogP contribution in [-0.4, -0.2) is 66.0 Å². The molecule has 1 aromatic heterocycles. The van der Waals surface area contributed by atoms with Gasteiger partial charge in [-0.25, -0.2) is 13.2 Å². The first kappa shape index (κ1) is 24.3. The van der Waals surface area contributed by atoms with Crippen LogP contribution in [0.5, 0.6) is 0 Å². The summed E-state index contributed by atoms with van der Waals surface area (Å²) in [5.41, 5.74) is -0.784. The van der Waals surface area contributed by atoms with Crippen LogP contribution >= 0.6 is 0 Å². The molecule has 2 amide bonds. The third-order valence-corrected chi connectivity index (χ3v) is 7.00. The van der Waals surface area contributed by atoms with Gasteiger partial charge in [-0.1, -0.05) is 18.5 Å². The van der Waals surface area contributed by atoms with E-state index in [9.17, 15) is 22.8 Å². The molecule has 0 unspecified atom stereocenters. The van der Waals surface area contributed by atoms with Crippen LogP contribution in [0.4, 0.5) is 13.2 Å². The lowest BCUT2D eigenvalue weighted by Crippen LogP contribution is -2.57. The Bertz CT molecular complexity index is 1050. The molecule has 10 heteroatoms. The Hall–Kier alpha value is -2.88. The Kier molecular flexibility index (Phi) is 6.97. The highest BCUT2D eigenvalue weighted by atomic mass is 19.1. The lowest BCUT2D eigenvalue weighted by atomic mass is 9.88. The number of hydrogen-bond donors (Lipinski definition) is 1. The number of rotatable bonds is 5. The van der Waals surface area contributed by atoms with E-state index < -0.39 is 40.9 Å². The average molecular weight is 479 g/mol. The fraction of sp³-hybridized carbons (Fsp3) is 0.542. The molecule has 7 nitrogen and oxygen atoms in total. The Morgan fingerprint density at radius 3 is 2.44 bits per heavy atom. The SMILES string of the molecule is C[C@@H]1CCC[C@H]1N1CC[C@@H](NC(=O)c2cc(-c3c(F)cc(F)cc3F)on2)[C@H](C(=O)N(C)C)C1. The van der Waals surface area contributed by atoms with Crippen molar-refractivity contribution in [1.29, 1.82) is 0 Å². The topological polar surface area (TPSA) is 78.7 Å². The van der Waals surface area contributed by atoms with Gasteiger partial charge in [0.05, 0.1) is 11.5 Å². The molecular weight excluding hydrogens is 449 g/mol. The van der Waals surface area contributed by atoms with E-state index in [-0.39, 0.29) is 17.4 Å². The number of likely N-dealkylation sites (tertiary alicyclic amines) is 1. The van der Waals surface area contributed by atoms with Gasteiger partial charge in [-0.15, -0.1) is 0 Å². The Morgan fingerprint density at radius 2 is 1.82 bits per heavy atom. The van der Waals surface area contributed by atoms with Crippen LogP contribution in [0.2, 0.25) is 0 Å². The van der Waals surface area contributed by atoms with Crippen molar-refractivity contribution in [2.24, 2.45) is 11.8 Å². The summed E-state index contributed by atoms with van der Waals surface area (Å²) in [6.07, 6.45) is 4.06. The van der Waals surface area contributed by atoms with Gasteiger partial charge in [0.15, 0.2) is 11.5 Å². The number of nitrogens with one attached hydrogen (secondary N) is 1. The van der Waals surface area contributed by atoms with Gasteiger partial charge < -0.3 is 14.7 Å². The third kappa shape index (κ3) is 4.82. The van der Waals surface area contributed by atoms with Gasteiger partial charge in [-0.2, -0.15) is 0 Å². The van der Waals surface area contributed by atoms with E-state index in [1.54, 1.807) is 14.1 Å². The quantitative estimate of drug-likeness (QED) is 0.712. The number of benzene rings is 1. The van der Waals surface area contributed by atoms with Crippen LogP contribution in [0.15, 0.2) is 22.7 Å². The molecule has 4 atom stereocenters. The molecule has 0 radical (unpaired) electrons. The van der Waals surface area contributed by atoms with Gasteiger partial charge >= 0.3 is 0 Å². The van der Waals surface area contributed by atoms with E-state index in [4.69, 9.17) is 4.52 Å². The zero-order chi connectivity index (χ0) is 24.6. The van der Waals surface area contributed by atoms with Crippen molar-refractivity contribution in [3.8, 4) is 11.3 Å². The molecule has 2 fully saturated rings. The predicted octanol–water partition coefficient (Wildman–Crippen LogP) is 3.46. The van der Waals surface area contributed by atoms with Gasteiger partial charge in [0.25, 0.3) is 5.91 Å². The summed E-state index contributed by atoms with van der Waals surface area (Å²) in [5, 5.41) is 6.50. The molecule has 4 rings (SSSR count). The molecule has 1 aliphatic carbocycles. The number of amides is 2. The molecule has 1 saturated carbocycles. The van der Waals surface area contributed by atoms with Crippen LogP contribution in [-0.2, 0) is 4.79 Å². The van der Waals surface area contributed by atoms with Gasteiger partial charge in [0.2, 0.25) is 5.91 Å². The van der Waals surface area contributed by atoms with Gasteiger partial charge in [-0.3, -0.25) is 14.5 Å². The Labute approximate surface area is 196 Å². The minimum absolute atomic E-state index is 0.0723. The van der Waals surface area contributed by atoms with Crippen molar-refractivity contribution >= 4 is 11.8 Å². The van der Waals surface area contributed by atoms with Gasteiger partial charge in [-0.05, 0) is 25.2 Å². The van der Waals surface area contributed by atoms with Crippen molar-refractivity contribution in [1.82, 2.24) is 20.3 Å².